The van der Waals surface area contributed by atoms with Crippen molar-refractivity contribution < 1.29 is 0 Å². The summed E-state index contributed by atoms with van der Waals surface area (Å²) in [6, 6.07) is 65.9. The molecule has 1 nitrogen and oxygen atoms in total. The van der Waals surface area contributed by atoms with Crippen LogP contribution in [0.15, 0.2) is 176 Å². The maximum atomic E-state index is 9.74. The summed E-state index contributed by atoms with van der Waals surface area (Å²) in [7, 11) is 0. The van der Waals surface area contributed by atoms with Gasteiger partial charge in [-0.2, -0.15) is 5.26 Å². The van der Waals surface area contributed by atoms with Crippen LogP contribution >= 0.6 is 0 Å². The summed E-state index contributed by atoms with van der Waals surface area (Å²) >= 11 is 0. The van der Waals surface area contributed by atoms with E-state index < -0.39 is 0 Å². The molecular weight excluding hydrogens is 603 g/mol. The Bertz CT molecular complexity index is 3000. The van der Waals surface area contributed by atoms with E-state index in [1.165, 1.54) is 81.7 Å². The van der Waals surface area contributed by atoms with Crippen LogP contribution in [-0.4, -0.2) is 0 Å². The number of nitriles is 1. The molecule has 0 aromatic heterocycles. The zero-order chi connectivity index (χ0) is 33.2. The fourth-order valence-electron chi connectivity index (χ4n) is 8.05. The van der Waals surface area contributed by atoms with Crippen LogP contribution in [0.3, 0.4) is 0 Å². The molecule has 50 heavy (non-hydrogen) atoms. The van der Waals surface area contributed by atoms with E-state index in [1.54, 1.807) is 0 Å². The molecule has 0 saturated heterocycles. The lowest BCUT2D eigenvalue weighted by molar-refractivity contribution is 1.48. The summed E-state index contributed by atoms with van der Waals surface area (Å²) in [5.74, 6) is 0. The predicted molar refractivity (Wildman–Crippen MR) is 212 cm³/mol. The van der Waals surface area contributed by atoms with E-state index in [4.69, 9.17) is 0 Å². The van der Waals surface area contributed by atoms with Crippen LogP contribution in [0, 0.1) is 11.3 Å². The van der Waals surface area contributed by atoms with E-state index in [9.17, 15) is 5.26 Å². The lowest BCUT2D eigenvalue weighted by Gasteiger charge is -2.21. The van der Waals surface area contributed by atoms with Crippen LogP contribution in [-0.2, 0) is 0 Å². The Morgan fingerprint density at radius 3 is 1.56 bits per heavy atom. The fourth-order valence-corrected chi connectivity index (χ4v) is 8.05. The smallest absolute Gasteiger partial charge is 0.0991 e. The van der Waals surface area contributed by atoms with Crippen LogP contribution in [0.25, 0.3) is 98.4 Å². The zero-order valence-corrected chi connectivity index (χ0v) is 27.2. The molecule has 0 unspecified atom stereocenters. The fraction of sp³-hybridized carbons (Fsp3) is 0. The van der Waals surface area contributed by atoms with E-state index in [0.717, 1.165) is 16.7 Å². The highest BCUT2D eigenvalue weighted by Crippen LogP contribution is 2.47. The first-order valence-electron chi connectivity index (χ1n) is 17.1. The van der Waals surface area contributed by atoms with Gasteiger partial charge in [0.2, 0.25) is 0 Å². The molecule has 0 radical (unpaired) electrons. The van der Waals surface area contributed by atoms with Crippen LogP contribution in [0.2, 0.25) is 0 Å². The third kappa shape index (κ3) is 4.40. The monoisotopic (exact) mass is 631 g/mol. The molecular formula is C49H29N. The molecule has 0 atom stereocenters. The average Bonchev–Trinajstić information content (AvgIpc) is 3.19. The molecule has 0 saturated carbocycles. The minimum absolute atomic E-state index is 0.658. The van der Waals surface area contributed by atoms with Gasteiger partial charge >= 0.3 is 0 Å². The summed E-state index contributed by atoms with van der Waals surface area (Å²) in [5, 5.41) is 22.2. The normalized spacial score (nSPS) is 11.6. The molecule has 1 heteroatoms. The minimum atomic E-state index is 0.658. The van der Waals surface area contributed by atoms with Gasteiger partial charge in [-0.25, -0.2) is 0 Å². The van der Waals surface area contributed by atoms with Crippen molar-refractivity contribution in [3.05, 3.63) is 181 Å². The molecule has 0 spiro atoms. The molecule has 0 bridgehead atoms. The molecule has 0 amide bonds. The Balaban J connectivity index is 1.31. The SMILES string of the molecule is N#Cc1cccc(-c2ccccc2-c2cc(-c3ccc4ccccc4c3)c3ccc4ccc(-c5ccc6ccccc6c5)c5ccc2c3c45)c1. The van der Waals surface area contributed by atoms with Gasteiger partial charge in [0, 0.05) is 0 Å². The highest BCUT2D eigenvalue weighted by Gasteiger charge is 2.20. The van der Waals surface area contributed by atoms with Gasteiger partial charge in [0.15, 0.2) is 0 Å². The van der Waals surface area contributed by atoms with Gasteiger partial charge < -0.3 is 0 Å². The third-order valence-corrected chi connectivity index (χ3v) is 10.4. The summed E-state index contributed by atoms with van der Waals surface area (Å²) in [6.07, 6.45) is 0. The highest BCUT2D eigenvalue weighted by molar-refractivity contribution is 6.30. The first-order chi connectivity index (χ1) is 24.7. The van der Waals surface area contributed by atoms with Gasteiger partial charge in [-0.05, 0) is 129 Å². The molecule has 0 aliphatic heterocycles. The summed E-state index contributed by atoms with van der Waals surface area (Å²) in [6.45, 7) is 0. The van der Waals surface area contributed by atoms with Crippen molar-refractivity contribution in [1.29, 1.82) is 5.26 Å². The second-order valence-electron chi connectivity index (χ2n) is 13.2. The Morgan fingerprint density at radius 1 is 0.300 bits per heavy atom. The van der Waals surface area contributed by atoms with E-state index in [1.807, 2.05) is 18.2 Å². The van der Waals surface area contributed by atoms with Gasteiger partial charge in [-0.1, -0.05) is 146 Å². The second-order valence-corrected chi connectivity index (χ2v) is 13.2. The molecule has 10 aromatic carbocycles. The topological polar surface area (TPSA) is 23.8 Å². The molecule has 230 valence electrons. The number of benzene rings is 10. The summed E-state index contributed by atoms with van der Waals surface area (Å²) < 4.78 is 0. The van der Waals surface area contributed by atoms with E-state index in [2.05, 4.69) is 164 Å². The first kappa shape index (κ1) is 28.3. The number of hydrogen-bond donors (Lipinski definition) is 0. The maximum absolute atomic E-state index is 9.74. The molecule has 0 fully saturated rings. The highest BCUT2D eigenvalue weighted by atomic mass is 14.2. The van der Waals surface area contributed by atoms with Gasteiger partial charge in [-0.3, -0.25) is 0 Å². The molecule has 10 aromatic rings. The van der Waals surface area contributed by atoms with Gasteiger partial charge in [0.05, 0.1) is 11.6 Å². The van der Waals surface area contributed by atoms with Crippen molar-refractivity contribution in [2.24, 2.45) is 0 Å². The van der Waals surface area contributed by atoms with Gasteiger partial charge in [0.1, 0.15) is 0 Å². The van der Waals surface area contributed by atoms with Crippen molar-refractivity contribution in [2.45, 2.75) is 0 Å². The van der Waals surface area contributed by atoms with Crippen LogP contribution in [0.4, 0.5) is 0 Å². The quantitative estimate of drug-likeness (QED) is 0.177. The third-order valence-electron chi connectivity index (χ3n) is 10.4. The van der Waals surface area contributed by atoms with E-state index in [0.29, 0.717) is 5.56 Å². The maximum Gasteiger partial charge on any atom is 0.0991 e. The zero-order valence-electron chi connectivity index (χ0n) is 27.2. The number of hydrogen-bond acceptors (Lipinski definition) is 1. The lowest BCUT2D eigenvalue weighted by atomic mass is 9.82. The van der Waals surface area contributed by atoms with Crippen LogP contribution in [0.1, 0.15) is 5.56 Å². The molecule has 0 heterocycles. The summed E-state index contributed by atoms with van der Waals surface area (Å²) in [4.78, 5) is 0. The molecule has 10 rings (SSSR count). The second kappa shape index (κ2) is 11.2. The van der Waals surface area contributed by atoms with Crippen LogP contribution < -0.4 is 0 Å². The standard InChI is InChI=1S/C49H29N/c50-30-31-8-7-13-37(26-31)40-14-5-6-15-42(40)47-29-46(39-19-17-33-10-2-4-12-36(33)28-39)44-23-21-34-20-22-41(43-24-25-45(47)49(44)48(34)43)38-18-16-32-9-1-3-11-35(32)27-38/h1-29H. The average molecular weight is 632 g/mol. The van der Waals surface area contributed by atoms with Crippen molar-refractivity contribution in [2.75, 3.05) is 0 Å². The Morgan fingerprint density at radius 2 is 0.840 bits per heavy atom. The van der Waals surface area contributed by atoms with Gasteiger partial charge in [-0.15, -0.1) is 0 Å². The first-order valence-corrected chi connectivity index (χ1v) is 17.1. The Hall–Kier alpha value is -6.75. The predicted octanol–water partition coefficient (Wildman–Crippen LogP) is 13.4. The van der Waals surface area contributed by atoms with Crippen molar-refractivity contribution in [3.63, 3.8) is 0 Å². The molecule has 0 N–H and O–H groups in total. The minimum Gasteiger partial charge on any atom is -0.192 e. The number of nitrogens with zero attached hydrogens (tertiary/aromatic N) is 1. The number of fused-ring (bicyclic) bond motifs is 2. The van der Waals surface area contributed by atoms with Crippen molar-refractivity contribution in [3.8, 4) is 50.6 Å². The largest absolute Gasteiger partial charge is 0.192 e. The number of rotatable bonds is 4. The van der Waals surface area contributed by atoms with E-state index >= 15 is 0 Å². The Kier molecular flexibility index (Phi) is 6.31. The molecule has 0 aliphatic carbocycles. The molecule has 0 aliphatic rings. The summed E-state index contributed by atoms with van der Waals surface area (Å²) in [5.41, 5.74) is 10.0. The van der Waals surface area contributed by atoms with Crippen molar-refractivity contribution >= 4 is 53.9 Å². The van der Waals surface area contributed by atoms with Gasteiger partial charge in [0.25, 0.3) is 0 Å². The van der Waals surface area contributed by atoms with Crippen molar-refractivity contribution in [1.82, 2.24) is 0 Å². The van der Waals surface area contributed by atoms with E-state index in [-0.39, 0.29) is 0 Å². The lowest BCUT2D eigenvalue weighted by Crippen LogP contribution is -1.94. The Labute approximate surface area is 290 Å². The van der Waals surface area contributed by atoms with Crippen LogP contribution in [0.5, 0.6) is 0 Å².